The minimum absolute atomic E-state index is 0.137. The SMILES string of the molecule is Cc1nccn1CCNC(=O)CC[C@@H]1NC(=O)N(CCc2ccccc2)C1=O. The Balaban J connectivity index is 1.39. The van der Waals surface area contributed by atoms with Gasteiger partial charge in [-0.25, -0.2) is 9.78 Å². The number of amides is 4. The van der Waals surface area contributed by atoms with Gasteiger partial charge in [-0.05, 0) is 25.3 Å². The zero-order valence-corrected chi connectivity index (χ0v) is 15.9. The number of imidazole rings is 1. The summed E-state index contributed by atoms with van der Waals surface area (Å²) in [7, 11) is 0. The fourth-order valence-corrected chi connectivity index (χ4v) is 3.19. The Morgan fingerprint density at radius 2 is 2.00 bits per heavy atom. The predicted octanol–water partition coefficient (Wildman–Crippen LogP) is 1.25. The number of benzene rings is 1. The van der Waals surface area contributed by atoms with E-state index in [9.17, 15) is 14.4 Å². The van der Waals surface area contributed by atoms with Crippen molar-refractivity contribution in [3.05, 3.63) is 54.1 Å². The van der Waals surface area contributed by atoms with Crippen molar-refractivity contribution >= 4 is 17.8 Å². The standard InChI is InChI=1S/C20H25N5O3/c1-15-21-10-13-24(15)14-11-22-18(26)8-7-17-19(27)25(20(28)23-17)12-9-16-5-3-2-4-6-16/h2-6,10,13,17H,7-9,11-12,14H2,1H3,(H,22,26)(H,23,28)/t17-/m0/s1. The van der Waals surface area contributed by atoms with Gasteiger partial charge in [-0.2, -0.15) is 0 Å². The van der Waals surface area contributed by atoms with Gasteiger partial charge in [0.15, 0.2) is 0 Å². The summed E-state index contributed by atoms with van der Waals surface area (Å²) in [5.74, 6) is 0.495. The molecule has 8 heteroatoms. The third-order valence-corrected chi connectivity index (χ3v) is 4.83. The first-order valence-electron chi connectivity index (χ1n) is 9.45. The first-order chi connectivity index (χ1) is 13.5. The van der Waals surface area contributed by atoms with Crippen molar-refractivity contribution in [1.29, 1.82) is 0 Å². The number of hydrogen-bond donors (Lipinski definition) is 2. The molecule has 0 spiro atoms. The van der Waals surface area contributed by atoms with Crippen molar-refractivity contribution in [3.63, 3.8) is 0 Å². The van der Waals surface area contributed by atoms with E-state index in [1.165, 1.54) is 4.90 Å². The number of imide groups is 1. The first kappa shape index (κ1) is 19.6. The van der Waals surface area contributed by atoms with Gasteiger partial charge in [0.25, 0.3) is 5.91 Å². The molecule has 8 nitrogen and oxygen atoms in total. The molecule has 148 valence electrons. The van der Waals surface area contributed by atoms with Crippen LogP contribution in [0.15, 0.2) is 42.7 Å². The first-order valence-corrected chi connectivity index (χ1v) is 9.45. The van der Waals surface area contributed by atoms with E-state index < -0.39 is 6.04 Å². The lowest BCUT2D eigenvalue weighted by atomic mass is 10.1. The van der Waals surface area contributed by atoms with Gasteiger partial charge in [-0.3, -0.25) is 14.5 Å². The van der Waals surface area contributed by atoms with Gasteiger partial charge < -0.3 is 15.2 Å². The van der Waals surface area contributed by atoms with Crippen LogP contribution in [0.5, 0.6) is 0 Å². The summed E-state index contributed by atoms with van der Waals surface area (Å²) in [4.78, 5) is 41.9. The summed E-state index contributed by atoms with van der Waals surface area (Å²) in [5.41, 5.74) is 1.07. The van der Waals surface area contributed by atoms with Gasteiger partial charge in [0, 0.05) is 38.4 Å². The molecule has 2 aromatic rings. The van der Waals surface area contributed by atoms with E-state index in [0.29, 0.717) is 32.5 Å². The van der Waals surface area contributed by atoms with Crippen molar-refractivity contribution in [2.24, 2.45) is 0 Å². The minimum Gasteiger partial charge on any atom is -0.354 e. The summed E-state index contributed by atoms with van der Waals surface area (Å²) in [6, 6.07) is 8.69. The van der Waals surface area contributed by atoms with Crippen LogP contribution in [-0.4, -0.2) is 51.4 Å². The van der Waals surface area contributed by atoms with Gasteiger partial charge in [0.1, 0.15) is 11.9 Å². The highest BCUT2D eigenvalue weighted by molar-refractivity contribution is 6.04. The molecule has 1 atom stereocenters. The Morgan fingerprint density at radius 3 is 2.71 bits per heavy atom. The zero-order valence-electron chi connectivity index (χ0n) is 15.9. The molecular weight excluding hydrogens is 358 g/mol. The van der Waals surface area contributed by atoms with Gasteiger partial charge in [-0.15, -0.1) is 0 Å². The van der Waals surface area contributed by atoms with Crippen LogP contribution in [0.2, 0.25) is 0 Å². The molecule has 1 aromatic carbocycles. The van der Waals surface area contributed by atoms with Crippen LogP contribution in [0.4, 0.5) is 4.79 Å². The average molecular weight is 383 g/mol. The number of nitrogens with one attached hydrogen (secondary N) is 2. The van der Waals surface area contributed by atoms with Crippen LogP contribution in [-0.2, 0) is 22.6 Å². The quantitative estimate of drug-likeness (QED) is 0.637. The van der Waals surface area contributed by atoms with E-state index in [4.69, 9.17) is 0 Å². The van der Waals surface area contributed by atoms with Crippen LogP contribution in [0.25, 0.3) is 0 Å². The zero-order chi connectivity index (χ0) is 19.9. The maximum absolute atomic E-state index is 12.5. The molecule has 0 radical (unpaired) electrons. The van der Waals surface area contributed by atoms with Crippen molar-refractivity contribution < 1.29 is 14.4 Å². The molecule has 0 unspecified atom stereocenters. The lowest BCUT2D eigenvalue weighted by Gasteiger charge is -2.13. The maximum atomic E-state index is 12.5. The summed E-state index contributed by atoms with van der Waals surface area (Å²) >= 11 is 0. The van der Waals surface area contributed by atoms with Crippen LogP contribution in [0, 0.1) is 6.92 Å². The topological polar surface area (TPSA) is 96.3 Å². The number of carbonyl (C=O) groups is 3. The third-order valence-electron chi connectivity index (χ3n) is 4.83. The number of aromatic nitrogens is 2. The van der Waals surface area contributed by atoms with Gasteiger partial charge in [-0.1, -0.05) is 30.3 Å². The second-order valence-corrected chi connectivity index (χ2v) is 6.78. The fraction of sp³-hybridized carbons (Fsp3) is 0.400. The summed E-state index contributed by atoms with van der Waals surface area (Å²) in [5, 5.41) is 5.51. The van der Waals surface area contributed by atoms with E-state index in [2.05, 4.69) is 15.6 Å². The van der Waals surface area contributed by atoms with E-state index >= 15 is 0 Å². The second-order valence-electron chi connectivity index (χ2n) is 6.78. The number of nitrogens with zero attached hydrogens (tertiary/aromatic N) is 3. The number of hydrogen-bond acceptors (Lipinski definition) is 4. The third kappa shape index (κ3) is 4.97. The molecule has 0 bridgehead atoms. The molecular formula is C20H25N5O3. The van der Waals surface area contributed by atoms with Crippen LogP contribution in [0.3, 0.4) is 0 Å². The van der Waals surface area contributed by atoms with Crippen LogP contribution in [0.1, 0.15) is 24.2 Å². The molecule has 1 saturated heterocycles. The summed E-state index contributed by atoms with van der Waals surface area (Å²) in [6.07, 6.45) is 4.67. The lowest BCUT2D eigenvalue weighted by molar-refractivity contribution is -0.127. The Bertz CT molecular complexity index is 833. The molecule has 28 heavy (non-hydrogen) atoms. The predicted molar refractivity (Wildman–Crippen MR) is 103 cm³/mol. The van der Waals surface area contributed by atoms with Crippen molar-refractivity contribution in [2.75, 3.05) is 13.1 Å². The van der Waals surface area contributed by atoms with Crippen molar-refractivity contribution in [3.8, 4) is 0 Å². The molecule has 0 saturated carbocycles. The molecule has 1 aliphatic heterocycles. The van der Waals surface area contributed by atoms with E-state index in [0.717, 1.165) is 11.4 Å². The number of rotatable bonds is 9. The number of carbonyl (C=O) groups excluding carboxylic acids is 3. The Morgan fingerprint density at radius 1 is 1.21 bits per heavy atom. The van der Waals surface area contributed by atoms with Crippen molar-refractivity contribution in [2.45, 2.75) is 38.8 Å². The molecule has 3 rings (SSSR count). The average Bonchev–Trinajstić information content (AvgIpc) is 3.22. The van der Waals surface area contributed by atoms with Crippen LogP contribution >= 0.6 is 0 Å². The Hall–Kier alpha value is -3.16. The molecule has 2 N–H and O–H groups in total. The molecule has 0 aliphatic carbocycles. The summed E-state index contributed by atoms with van der Waals surface area (Å²) < 4.78 is 1.95. The molecule has 2 heterocycles. The molecule has 1 aromatic heterocycles. The normalized spacial score (nSPS) is 16.3. The smallest absolute Gasteiger partial charge is 0.324 e. The highest BCUT2D eigenvalue weighted by atomic mass is 16.2. The monoisotopic (exact) mass is 383 g/mol. The highest BCUT2D eigenvalue weighted by Gasteiger charge is 2.37. The van der Waals surface area contributed by atoms with E-state index in [1.54, 1.807) is 6.20 Å². The lowest BCUT2D eigenvalue weighted by Crippen LogP contribution is -2.34. The fourth-order valence-electron chi connectivity index (χ4n) is 3.19. The number of aryl methyl sites for hydroxylation is 1. The highest BCUT2D eigenvalue weighted by Crippen LogP contribution is 2.12. The Kier molecular flexibility index (Phi) is 6.41. The Labute approximate surface area is 163 Å². The van der Waals surface area contributed by atoms with E-state index in [1.807, 2.05) is 48.0 Å². The van der Waals surface area contributed by atoms with Gasteiger partial charge in [0.2, 0.25) is 5.91 Å². The van der Waals surface area contributed by atoms with E-state index in [-0.39, 0.29) is 24.3 Å². The van der Waals surface area contributed by atoms with Crippen LogP contribution < -0.4 is 10.6 Å². The minimum atomic E-state index is -0.634. The second kappa shape index (κ2) is 9.16. The van der Waals surface area contributed by atoms with Gasteiger partial charge >= 0.3 is 6.03 Å². The van der Waals surface area contributed by atoms with Gasteiger partial charge in [0.05, 0.1) is 0 Å². The molecule has 1 fully saturated rings. The van der Waals surface area contributed by atoms with Crippen molar-refractivity contribution in [1.82, 2.24) is 25.1 Å². The molecule has 4 amide bonds. The number of urea groups is 1. The summed E-state index contributed by atoms with van der Waals surface area (Å²) in [6.45, 7) is 3.37. The molecule has 1 aliphatic rings. The largest absolute Gasteiger partial charge is 0.354 e. The maximum Gasteiger partial charge on any atom is 0.324 e.